The van der Waals surface area contributed by atoms with Crippen LogP contribution in [0.2, 0.25) is 0 Å². The fraction of sp³-hybridized carbons (Fsp3) is 0.211. The number of hydrogen-bond donors (Lipinski definition) is 2. The molecule has 4 heteroatoms. The minimum absolute atomic E-state index is 0.0854. The highest BCUT2D eigenvalue weighted by molar-refractivity contribution is 9.09. The molecular weight excluding hydrogens is 352 g/mol. The number of phenols is 1. The molecule has 4 rings (SSSR count). The average molecular weight is 369 g/mol. The Bertz CT molecular complexity index is 844. The van der Waals surface area contributed by atoms with Gasteiger partial charge in [0.25, 0.3) is 0 Å². The Morgan fingerprint density at radius 2 is 1.96 bits per heavy atom. The summed E-state index contributed by atoms with van der Waals surface area (Å²) in [4.78, 5) is 7.39. The first-order valence-corrected chi connectivity index (χ1v) is 8.54. The minimum Gasteiger partial charge on any atom is -0.507 e. The summed E-state index contributed by atoms with van der Waals surface area (Å²) in [6.45, 7) is 0. The highest BCUT2D eigenvalue weighted by Crippen LogP contribution is 2.49. The topological polar surface area (TPSA) is 48.9 Å². The van der Waals surface area contributed by atoms with Gasteiger partial charge in [0.2, 0.25) is 0 Å². The van der Waals surface area contributed by atoms with Crippen molar-refractivity contribution >= 4 is 15.9 Å². The Kier molecular flexibility index (Phi) is 3.49. The maximum Gasteiger partial charge on any atom is 0.123 e. The van der Waals surface area contributed by atoms with Crippen molar-refractivity contribution in [2.45, 2.75) is 23.6 Å². The lowest BCUT2D eigenvalue weighted by atomic mass is 9.92. The second-order valence-corrected chi connectivity index (χ2v) is 7.57. The molecule has 2 aromatic carbocycles. The van der Waals surface area contributed by atoms with E-state index in [0.717, 1.165) is 36.1 Å². The lowest BCUT2D eigenvalue weighted by molar-refractivity contribution is 0.477. The molecule has 1 aliphatic rings. The van der Waals surface area contributed by atoms with Crippen LogP contribution in [0.25, 0.3) is 11.1 Å². The molecule has 1 aromatic heterocycles. The molecule has 3 nitrogen and oxygen atoms in total. The van der Waals surface area contributed by atoms with Gasteiger partial charge in [0.15, 0.2) is 0 Å². The smallest absolute Gasteiger partial charge is 0.123 e. The van der Waals surface area contributed by atoms with Gasteiger partial charge in [-0.2, -0.15) is 0 Å². The number of hydrogen-bond acceptors (Lipinski definition) is 2. The van der Waals surface area contributed by atoms with Gasteiger partial charge < -0.3 is 10.1 Å². The lowest BCUT2D eigenvalue weighted by Gasteiger charge is -2.22. The first-order valence-electron chi connectivity index (χ1n) is 7.75. The van der Waals surface area contributed by atoms with Gasteiger partial charge in [-0.1, -0.05) is 52.3 Å². The molecule has 1 atom stereocenters. The Morgan fingerprint density at radius 1 is 1.13 bits per heavy atom. The first kappa shape index (κ1) is 14.5. The number of fused-ring (bicyclic) bond motifs is 1. The number of phenolic OH excluding ortho intramolecular Hbond substituents is 1. The van der Waals surface area contributed by atoms with Crippen molar-refractivity contribution in [2.24, 2.45) is 0 Å². The Hall–Kier alpha value is -2.07. The van der Waals surface area contributed by atoms with Crippen LogP contribution in [-0.2, 0) is 17.2 Å². The normalized spacial score (nSPS) is 19.7. The molecule has 3 aromatic rings. The van der Waals surface area contributed by atoms with Crippen LogP contribution >= 0.6 is 15.9 Å². The quantitative estimate of drug-likeness (QED) is 0.665. The van der Waals surface area contributed by atoms with E-state index in [1.165, 1.54) is 11.1 Å². The number of alkyl halides is 1. The fourth-order valence-corrected chi connectivity index (χ4v) is 4.40. The van der Waals surface area contributed by atoms with Gasteiger partial charge in [-0.05, 0) is 35.6 Å². The number of aromatic hydroxyl groups is 1. The number of nitrogens with zero attached hydrogens (tertiary/aromatic N) is 1. The molecule has 1 heterocycles. The molecule has 116 valence electrons. The predicted molar refractivity (Wildman–Crippen MR) is 94.8 cm³/mol. The number of aromatic amines is 1. The van der Waals surface area contributed by atoms with E-state index in [9.17, 15) is 5.11 Å². The molecule has 0 bridgehead atoms. The molecule has 0 spiro atoms. The van der Waals surface area contributed by atoms with Crippen molar-refractivity contribution in [3.63, 3.8) is 0 Å². The molecule has 2 N–H and O–H groups in total. The lowest BCUT2D eigenvalue weighted by Crippen LogP contribution is -2.17. The molecule has 0 saturated heterocycles. The van der Waals surface area contributed by atoms with E-state index in [1.54, 1.807) is 12.4 Å². The van der Waals surface area contributed by atoms with E-state index in [0.29, 0.717) is 5.75 Å². The standard InChI is InChI=1S/C19H17BrN2O/c20-19(10-13-11-21-12-22-13)9-8-15-14(5-3-6-17(15)19)16-4-1-2-7-18(16)23/h1-7,11-12,23H,8-10H2,(H,21,22). The number of benzene rings is 2. The largest absolute Gasteiger partial charge is 0.507 e. The maximum atomic E-state index is 10.2. The Balaban J connectivity index is 1.79. The number of imidazole rings is 1. The van der Waals surface area contributed by atoms with Gasteiger partial charge in [0.1, 0.15) is 5.75 Å². The molecule has 23 heavy (non-hydrogen) atoms. The summed E-state index contributed by atoms with van der Waals surface area (Å²) in [6, 6.07) is 13.9. The summed E-state index contributed by atoms with van der Waals surface area (Å²) in [5, 5.41) is 10.2. The zero-order valence-corrected chi connectivity index (χ0v) is 14.2. The molecule has 0 fully saturated rings. The summed E-state index contributed by atoms with van der Waals surface area (Å²) in [5.74, 6) is 0.334. The number of para-hydroxylation sites is 1. The third-order valence-corrected chi connectivity index (χ3v) is 5.74. The third-order valence-electron chi connectivity index (χ3n) is 4.64. The molecule has 1 aliphatic carbocycles. The highest BCUT2D eigenvalue weighted by Gasteiger charge is 2.38. The fourth-order valence-electron chi connectivity index (χ4n) is 3.55. The van der Waals surface area contributed by atoms with Crippen LogP contribution in [0.3, 0.4) is 0 Å². The van der Waals surface area contributed by atoms with Crippen LogP contribution in [0.5, 0.6) is 5.75 Å². The van der Waals surface area contributed by atoms with E-state index < -0.39 is 0 Å². The summed E-state index contributed by atoms with van der Waals surface area (Å²) < 4.78 is -0.0854. The van der Waals surface area contributed by atoms with Crippen molar-refractivity contribution in [1.29, 1.82) is 0 Å². The second kappa shape index (κ2) is 5.53. The predicted octanol–water partition coefficient (Wildman–Crippen LogP) is 4.56. The number of H-pyrrole nitrogens is 1. The number of halogens is 1. The molecule has 0 aliphatic heterocycles. The van der Waals surface area contributed by atoms with Gasteiger partial charge in [-0.3, -0.25) is 0 Å². The second-order valence-electron chi connectivity index (χ2n) is 6.05. The summed E-state index contributed by atoms with van der Waals surface area (Å²) in [5.41, 5.74) is 5.72. The van der Waals surface area contributed by atoms with Crippen molar-refractivity contribution in [3.8, 4) is 16.9 Å². The molecule has 0 radical (unpaired) electrons. The summed E-state index contributed by atoms with van der Waals surface area (Å²) in [6.07, 6.45) is 6.55. The van der Waals surface area contributed by atoms with Crippen LogP contribution in [0.1, 0.15) is 23.2 Å². The van der Waals surface area contributed by atoms with Crippen molar-refractivity contribution in [2.75, 3.05) is 0 Å². The number of aromatic nitrogens is 2. The van der Waals surface area contributed by atoms with Crippen LogP contribution in [0.4, 0.5) is 0 Å². The van der Waals surface area contributed by atoms with Crippen LogP contribution < -0.4 is 0 Å². The molecule has 0 amide bonds. The van der Waals surface area contributed by atoms with Crippen LogP contribution in [0, 0.1) is 0 Å². The van der Waals surface area contributed by atoms with Gasteiger partial charge >= 0.3 is 0 Å². The number of nitrogens with one attached hydrogen (secondary N) is 1. The Morgan fingerprint density at radius 3 is 2.74 bits per heavy atom. The van der Waals surface area contributed by atoms with Crippen LogP contribution in [0.15, 0.2) is 55.0 Å². The van der Waals surface area contributed by atoms with Crippen molar-refractivity contribution in [1.82, 2.24) is 9.97 Å². The zero-order valence-electron chi connectivity index (χ0n) is 12.6. The van der Waals surface area contributed by atoms with E-state index >= 15 is 0 Å². The van der Waals surface area contributed by atoms with E-state index in [1.807, 2.05) is 24.4 Å². The Labute approximate surface area is 143 Å². The van der Waals surface area contributed by atoms with Gasteiger partial charge in [0.05, 0.1) is 16.3 Å². The number of rotatable bonds is 3. The maximum absolute atomic E-state index is 10.2. The van der Waals surface area contributed by atoms with Gasteiger partial charge in [-0.25, -0.2) is 4.98 Å². The SMILES string of the molecule is Oc1ccccc1-c1cccc2c1CCC2(Br)Cc1c[nH]cn1. The average Bonchev–Trinajstić information content (AvgIpc) is 3.17. The van der Waals surface area contributed by atoms with Crippen molar-refractivity contribution in [3.05, 3.63) is 71.8 Å². The molecule has 1 unspecified atom stereocenters. The van der Waals surface area contributed by atoms with Gasteiger partial charge in [-0.15, -0.1) is 0 Å². The monoisotopic (exact) mass is 368 g/mol. The first-order chi connectivity index (χ1) is 11.2. The van der Waals surface area contributed by atoms with E-state index in [-0.39, 0.29) is 4.32 Å². The third kappa shape index (κ3) is 2.47. The van der Waals surface area contributed by atoms with Crippen LogP contribution in [-0.4, -0.2) is 15.1 Å². The summed E-state index contributed by atoms with van der Waals surface area (Å²) in [7, 11) is 0. The van der Waals surface area contributed by atoms with E-state index in [4.69, 9.17) is 0 Å². The van der Waals surface area contributed by atoms with Gasteiger partial charge in [0, 0.05) is 18.2 Å². The zero-order chi connectivity index (χ0) is 15.9. The van der Waals surface area contributed by atoms with E-state index in [2.05, 4.69) is 44.1 Å². The van der Waals surface area contributed by atoms with Crippen molar-refractivity contribution < 1.29 is 5.11 Å². The summed E-state index contributed by atoms with van der Waals surface area (Å²) >= 11 is 3.97. The highest BCUT2D eigenvalue weighted by atomic mass is 79.9. The molecular formula is C19H17BrN2O. The molecule has 0 saturated carbocycles. The minimum atomic E-state index is -0.0854.